The maximum Gasteiger partial charge on any atom is 0.328 e. The Morgan fingerprint density at radius 2 is 1.76 bits per heavy atom. The number of carbonyl (C=O) groups excluding carboxylic acids is 2. The molecule has 4 heteroatoms. The Morgan fingerprint density at radius 1 is 1.12 bits per heavy atom. The van der Waals surface area contributed by atoms with Gasteiger partial charge >= 0.3 is 5.97 Å². The molecule has 0 heterocycles. The minimum Gasteiger partial charge on any atom is -0.464 e. The van der Waals surface area contributed by atoms with Gasteiger partial charge in [0.25, 0.3) is 0 Å². The van der Waals surface area contributed by atoms with Gasteiger partial charge in [-0.25, -0.2) is 4.79 Å². The first-order valence-corrected chi connectivity index (χ1v) is 6.57. The molecule has 0 saturated heterocycles. The third kappa shape index (κ3) is 8.72. The summed E-state index contributed by atoms with van der Waals surface area (Å²) in [6, 6.07) is -0.543. The number of carbonyl (C=O) groups is 2. The fraction of sp³-hybridized carbons (Fsp3) is 0.846. The highest BCUT2D eigenvalue weighted by atomic mass is 16.5. The Labute approximate surface area is 104 Å². The topological polar surface area (TPSA) is 55.4 Å². The van der Waals surface area contributed by atoms with Gasteiger partial charge in [0.1, 0.15) is 6.04 Å². The van der Waals surface area contributed by atoms with Crippen molar-refractivity contribution >= 4 is 11.9 Å². The molecule has 0 fully saturated rings. The van der Waals surface area contributed by atoms with Gasteiger partial charge in [-0.15, -0.1) is 0 Å². The van der Waals surface area contributed by atoms with Crippen molar-refractivity contribution in [2.75, 3.05) is 6.61 Å². The second-order valence-electron chi connectivity index (χ2n) is 4.21. The van der Waals surface area contributed by atoms with E-state index in [2.05, 4.69) is 12.2 Å². The first-order valence-electron chi connectivity index (χ1n) is 6.57. The van der Waals surface area contributed by atoms with Gasteiger partial charge in [0.05, 0.1) is 6.61 Å². The SMILES string of the molecule is CCCCCCCC(=O)N[C@@H](C)C(=O)OCC. The van der Waals surface area contributed by atoms with Crippen LogP contribution in [0.4, 0.5) is 0 Å². The third-order valence-corrected chi connectivity index (χ3v) is 2.53. The minimum atomic E-state index is -0.543. The zero-order valence-electron chi connectivity index (χ0n) is 11.3. The van der Waals surface area contributed by atoms with Crippen LogP contribution in [0.1, 0.15) is 59.3 Å². The lowest BCUT2D eigenvalue weighted by atomic mass is 10.1. The molecular formula is C13H25NO3. The van der Waals surface area contributed by atoms with E-state index in [0.29, 0.717) is 13.0 Å². The lowest BCUT2D eigenvalue weighted by Gasteiger charge is -2.12. The molecule has 0 unspecified atom stereocenters. The molecule has 0 bridgehead atoms. The quantitative estimate of drug-likeness (QED) is 0.500. The van der Waals surface area contributed by atoms with E-state index in [1.807, 2.05) is 0 Å². The van der Waals surface area contributed by atoms with E-state index in [1.54, 1.807) is 13.8 Å². The lowest BCUT2D eigenvalue weighted by molar-refractivity contribution is -0.146. The molecule has 0 aliphatic rings. The maximum atomic E-state index is 11.5. The van der Waals surface area contributed by atoms with E-state index >= 15 is 0 Å². The van der Waals surface area contributed by atoms with E-state index in [-0.39, 0.29) is 11.9 Å². The number of ether oxygens (including phenoxy) is 1. The molecule has 100 valence electrons. The zero-order chi connectivity index (χ0) is 13.1. The summed E-state index contributed by atoms with van der Waals surface area (Å²) in [6.45, 7) is 5.90. The van der Waals surface area contributed by atoms with Crippen LogP contribution in [-0.4, -0.2) is 24.5 Å². The zero-order valence-corrected chi connectivity index (χ0v) is 11.3. The largest absolute Gasteiger partial charge is 0.464 e. The van der Waals surface area contributed by atoms with E-state index in [9.17, 15) is 9.59 Å². The van der Waals surface area contributed by atoms with Gasteiger partial charge in [-0.3, -0.25) is 4.79 Å². The minimum absolute atomic E-state index is 0.0675. The summed E-state index contributed by atoms with van der Waals surface area (Å²) < 4.78 is 4.81. The average Bonchev–Trinajstić information content (AvgIpc) is 2.29. The van der Waals surface area contributed by atoms with E-state index < -0.39 is 6.04 Å². The van der Waals surface area contributed by atoms with Crippen molar-refractivity contribution < 1.29 is 14.3 Å². The third-order valence-electron chi connectivity index (χ3n) is 2.53. The monoisotopic (exact) mass is 243 g/mol. The van der Waals surface area contributed by atoms with E-state index in [4.69, 9.17) is 4.74 Å². The molecule has 0 aliphatic heterocycles. The number of esters is 1. The molecule has 4 nitrogen and oxygen atoms in total. The van der Waals surface area contributed by atoms with Crippen molar-refractivity contribution in [3.8, 4) is 0 Å². The van der Waals surface area contributed by atoms with Crippen LogP contribution >= 0.6 is 0 Å². The Morgan fingerprint density at radius 3 is 2.35 bits per heavy atom. The first kappa shape index (κ1) is 15.9. The van der Waals surface area contributed by atoms with Gasteiger partial charge in [0.2, 0.25) is 5.91 Å². The highest BCUT2D eigenvalue weighted by Crippen LogP contribution is 2.04. The normalized spacial score (nSPS) is 11.9. The Bertz CT molecular complexity index is 229. The fourth-order valence-corrected chi connectivity index (χ4v) is 1.53. The van der Waals surface area contributed by atoms with Gasteiger partial charge < -0.3 is 10.1 Å². The van der Waals surface area contributed by atoms with Crippen molar-refractivity contribution in [2.24, 2.45) is 0 Å². The summed E-state index contributed by atoms with van der Waals surface area (Å²) >= 11 is 0. The molecule has 0 radical (unpaired) electrons. The smallest absolute Gasteiger partial charge is 0.328 e. The van der Waals surface area contributed by atoms with Crippen LogP contribution < -0.4 is 5.32 Å². The Kier molecular flexibility index (Phi) is 9.49. The molecular weight excluding hydrogens is 218 g/mol. The summed E-state index contributed by atoms with van der Waals surface area (Å²) in [7, 11) is 0. The molecule has 0 spiro atoms. The van der Waals surface area contributed by atoms with Crippen LogP contribution in [0, 0.1) is 0 Å². The maximum absolute atomic E-state index is 11.5. The number of hydrogen-bond acceptors (Lipinski definition) is 3. The Hall–Kier alpha value is -1.06. The fourth-order valence-electron chi connectivity index (χ4n) is 1.53. The molecule has 0 aliphatic carbocycles. The van der Waals surface area contributed by atoms with Gasteiger partial charge in [-0.05, 0) is 20.3 Å². The second kappa shape index (κ2) is 10.1. The molecule has 0 saturated carbocycles. The van der Waals surface area contributed by atoms with E-state index in [0.717, 1.165) is 12.8 Å². The van der Waals surface area contributed by atoms with Gasteiger partial charge in [0, 0.05) is 6.42 Å². The van der Waals surface area contributed by atoms with Crippen LogP contribution in [-0.2, 0) is 14.3 Å². The van der Waals surface area contributed by atoms with Crippen LogP contribution in [0.25, 0.3) is 0 Å². The number of rotatable bonds is 9. The summed E-state index contributed by atoms with van der Waals surface area (Å²) in [6.07, 6.45) is 6.06. The summed E-state index contributed by atoms with van der Waals surface area (Å²) in [5.74, 6) is -0.436. The summed E-state index contributed by atoms with van der Waals surface area (Å²) in [4.78, 5) is 22.7. The van der Waals surface area contributed by atoms with Gasteiger partial charge in [-0.1, -0.05) is 32.6 Å². The molecule has 1 N–H and O–H groups in total. The number of unbranched alkanes of at least 4 members (excludes halogenated alkanes) is 4. The first-order chi connectivity index (χ1) is 8.11. The predicted octanol–water partition coefficient (Wildman–Crippen LogP) is 2.41. The average molecular weight is 243 g/mol. The summed E-state index contributed by atoms with van der Waals surface area (Å²) in [5.41, 5.74) is 0. The van der Waals surface area contributed by atoms with Crippen molar-refractivity contribution in [3.05, 3.63) is 0 Å². The predicted molar refractivity (Wildman–Crippen MR) is 67.6 cm³/mol. The standard InChI is InChI=1S/C13H25NO3/c1-4-6-7-8-9-10-12(15)14-11(3)13(16)17-5-2/h11H,4-10H2,1-3H3,(H,14,15)/t11-/m0/s1. The van der Waals surface area contributed by atoms with Gasteiger partial charge in [0.15, 0.2) is 0 Å². The molecule has 17 heavy (non-hydrogen) atoms. The van der Waals surface area contributed by atoms with Crippen LogP contribution in [0.15, 0.2) is 0 Å². The van der Waals surface area contributed by atoms with Crippen molar-refractivity contribution in [1.82, 2.24) is 5.32 Å². The number of nitrogens with one attached hydrogen (secondary N) is 1. The molecule has 1 atom stereocenters. The Balaban J connectivity index is 3.60. The van der Waals surface area contributed by atoms with Crippen LogP contribution in [0.5, 0.6) is 0 Å². The van der Waals surface area contributed by atoms with Crippen LogP contribution in [0.3, 0.4) is 0 Å². The van der Waals surface area contributed by atoms with E-state index in [1.165, 1.54) is 19.3 Å². The molecule has 0 rings (SSSR count). The summed E-state index contributed by atoms with van der Waals surface area (Å²) in [5, 5.41) is 2.64. The lowest BCUT2D eigenvalue weighted by Crippen LogP contribution is -2.39. The highest BCUT2D eigenvalue weighted by Gasteiger charge is 2.15. The highest BCUT2D eigenvalue weighted by molar-refractivity contribution is 5.84. The van der Waals surface area contributed by atoms with Crippen molar-refractivity contribution in [3.63, 3.8) is 0 Å². The van der Waals surface area contributed by atoms with Crippen LogP contribution in [0.2, 0.25) is 0 Å². The van der Waals surface area contributed by atoms with Crippen molar-refractivity contribution in [1.29, 1.82) is 0 Å². The molecule has 0 aromatic carbocycles. The number of amides is 1. The number of hydrogen-bond donors (Lipinski definition) is 1. The molecule has 1 amide bonds. The van der Waals surface area contributed by atoms with Gasteiger partial charge in [-0.2, -0.15) is 0 Å². The molecule has 0 aromatic rings. The second-order valence-corrected chi connectivity index (χ2v) is 4.21. The molecule has 0 aromatic heterocycles. The van der Waals surface area contributed by atoms with Crippen molar-refractivity contribution in [2.45, 2.75) is 65.3 Å².